The fourth-order valence-electron chi connectivity index (χ4n) is 1.43. The molecule has 5 nitrogen and oxygen atoms in total. The van der Waals surface area contributed by atoms with Gasteiger partial charge in [-0.1, -0.05) is 5.21 Å². The number of aliphatic hydroxyl groups excluding tert-OH is 1. The molecule has 84 valence electrons. The van der Waals surface area contributed by atoms with E-state index in [9.17, 15) is 5.11 Å². The highest BCUT2D eigenvalue weighted by Crippen LogP contribution is 2.22. The molecular formula is C10H11BrN4O. The van der Waals surface area contributed by atoms with Crippen LogP contribution in [0.5, 0.6) is 0 Å². The Morgan fingerprint density at radius 1 is 1.44 bits per heavy atom. The lowest BCUT2D eigenvalue weighted by molar-refractivity contribution is 0.271. The second-order valence-electron chi connectivity index (χ2n) is 3.43. The Balaban J connectivity index is 2.54. The van der Waals surface area contributed by atoms with Crippen LogP contribution in [0.1, 0.15) is 11.4 Å². The predicted molar refractivity (Wildman–Crippen MR) is 62.6 cm³/mol. The third-order valence-electron chi connectivity index (χ3n) is 2.36. The van der Waals surface area contributed by atoms with Gasteiger partial charge < -0.3 is 5.11 Å². The van der Waals surface area contributed by atoms with Crippen LogP contribution in [-0.2, 0) is 13.7 Å². The largest absolute Gasteiger partial charge is 0.390 e. The highest BCUT2D eigenvalue weighted by Gasteiger charge is 2.13. The monoisotopic (exact) mass is 282 g/mol. The maximum atomic E-state index is 9.24. The minimum atomic E-state index is -0.102. The summed E-state index contributed by atoms with van der Waals surface area (Å²) in [6.45, 7) is 1.80. The van der Waals surface area contributed by atoms with E-state index in [2.05, 4.69) is 31.2 Å². The summed E-state index contributed by atoms with van der Waals surface area (Å²) in [5.41, 5.74) is 2.89. The molecule has 0 atom stereocenters. The van der Waals surface area contributed by atoms with Gasteiger partial charge in [0.1, 0.15) is 5.69 Å². The van der Waals surface area contributed by atoms with Crippen molar-refractivity contribution >= 4 is 15.9 Å². The van der Waals surface area contributed by atoms with Gasteiger partial charge >= 0.3 is 0 Å². The molecule has 0 saturated carbocycles. The normalized spacial score (nSPS) is 10.8. The Kier molecular flexibility index (Phi) is 3.02. The van der Waals surface area contributed by atoms with Gasteiger partial charge in [-0.15, -0.1) is 5.10 Å². The third-order valence-corrected chi connectivity index (χ3v) is 3.19. The van der Waals surface area contributed by atoms with Crippen molar-refractivity contribution < 1.29 is 5.11 Å². The van der Waals surface area contributed by atoms with Crippen molar-refractivity contribution in [3.05, 3.63) is 28.0 Å². The van der Waals surface area contributed by atoms with E-state index < -0.39 is 0 Å². The molecule has 2 aromatic rings. The summed E-state index contributed by atoms with van der Waals surface area (Å²) in [5.74, 6) is 0. The molecule has 0 fully saturated rings. The first-order chi connectivity index (χ1) is 7.63. The lowest BCUT2D eigenvalue weighted by Gasteiger charge is -2.02. The first-order valence-corrected chi connectivity index (χ1v) is 5.55. The van der Waals surface area contributed by atoms with Crippen molar-refractivity contribution in [2.24, 2.45) is 7.05 Å². The average molecular weight is 283 g/mol. The Hall–Kier alpha value is -1.27. The molecule has 0 bridgehead atoms. The molecule has 0 spiro atoms. The van der Waals surface area contributed by atoms with Crippen LogP contribution < -0.4 is 0 Å². The Bertz CT molecular complexity index is 524. The van der Waals surface area contributed by atoms with E-state index in [0.29, 0.717) is 11.4 Å². The van der Waals surface area contributed by atoms with E-state index in [1.165, 1.54) is 0 Å². The Morgan fingerprint density at radius 3 is 2.81 bits per heavy atom. The summed E-state index contributed by atoms with van der Waals surface area (Å²) in [6.07, 6.45) is 0. The number of nitrogens with zero attached hydrogens (tertiary/aromatic N) is 4. The van der Waals surface area contributed by atoms with Crippen molar-refractivity contribution in [1.82, 2.24) is 20.0 Å². The summed E-state index contributed by atoms with van der Waals surface area (Å²) in [6, 6.07) is 3.76. The molecule has 0 aromatic carbocycles. The van der Waals surface area contributed by atoms with Crippen molar-refractivity contribution in [2.75, 3.05) is 0 Å². The molecule has 2 rings (SSSR count). The Morgan fingerprint density at radius 2 is 2.19 bits per heavy atom. The number of hydrogen-bond acceptors (Lipinski definition) is 4. The van der Waals surface area contributed by atoms with Crippen LogP contribution in [0.25, 0.3) is 11.4 Å². The molecule has 0 radical (unpaired) electrons. The van der Waals surface area contributed by atoms with E-state index in [1.807, 2.05) is 19.1 Å². The van der Waals surface area contributed by atoms with Crippen molar-refractivity contribution in [3.63, 3.8) is 0 Å². The lowest BCUT2D eigenvalue weighted by Crippen LogP contribution is -1.99. The van der Waals surface area contributed by atoms with E-state index >= 15 is 0 Å². The van der Waals surface area contributed by atoms with E-state index in [1.54, 1.807) is 11.7 Å². The van der Waals surface area contributed by atoms with Crippen LogP contribution in [-0.4, -0.2) is 25.1 Å². The highest BCUT2D eigenvalue weighted by atomic mass is 79.9. The van der Waals surface area contributed by atoms with Crippen LogP contribution >= 0.6 is 15.9 Å². The molecule has 2 aromatic heterocycles. The number of aryl methyl sites for hydroxylation is 2. The van der Waals surface area contributed by atoms with Crippen LogP contribution in [0.2, 0.25) is 0 Å². The van der Waals surface area contributed by atoms with Gasteiger partial charge in [0.25, 0.3) is 0 Å². The summed E-state index contributed by atoms with van der Waals surface area (Å²) in [4.78, 5) is 4.39. The predicted octanol–water partition coefficient (Wildman–Crippen LogP) is 1.44. The number of hydrogen-bond donors (Lipinski definition) is 1. The van der Waals surface area contributed by atoms with Crippen LogP contribution in [0.3, 0.4) is 0 Å². The van der Waals surface area contributed by atoms with Crippen molar-refractivity contribution in [2.45, 2.75) is 13.5 Å². The van der Waals surface area contributed by atoms with Crippen molar-refractivity contribution in [1.29, 1.82) is 0 Å². The second kappa shape index (κ2) is 4.31. The van der Waals surface area contributed by atoms with Gasteiger partial charge in [0.2, 0.25) is 0 Å². The SMILES string of the molecule is Cc1nc(-c2nnn(C)c2CO)ccc1Br. The fourth-order valence-corrected chi connectivity index (χ4v) is 1.65. The summed E-state index contributed by atoms with van der Waals surface area (Å²) in [5, 5.41) is 17.1. The van der Waals surface area contributed by atoms with Gasteiger partial charge in [0.15, 0.2) is 0 Å². The zero-order valence-corrected chi connectivity index (χ0v) is 10.6. The number of pyridine rings is 1. The first-order valence-electron chi connectivity index (χ1n) is 4.76. The zero-order valence-electron chi connectivity index (χ0n) is 8.98. The maximum Gasteiger partial charge on any atom is 0.137 e. The minimum Gasteiger partial charge on any atom is -0.390 e. The molecule has 0 amide bonds. The lowest BCUT2D eigenvalue weighted by atomic mass is 10.2. The molecule has 0 unspecified atom stereocenters. The molecule has 16 heavy (non-hydrogen) atoms. The fraction of sp³-hybridized carbons (Fsp3) is 0.300. The van der Waals surface area contributed by atoms with Gasteiger partial charge in [-0.2, -0.15) is 0 Å². The number of rotatable bonds is 2. The summed E-state index contributed by atoms with van der Waals surface area (Å²) >= 11 is 3.39. The number of aliphatic hydroxyl groups is 1. The minimum absolute atomic E-state index is 0.102. The highest BCUT2D eigenvalue weighted by molar-refractivity contribution is 9.10. The third kappa shape index (κ3) is 1.85. The van der Waals surface area contributed by atoms with Gasteiger partial charge in [0, 0.05) is 11.5 Å². The van der Waals surface area contributed by atoms with Gasteiger partial charge in [-0.05, 0) is 35.0 Å². The Labute approximate surface area is 101 Å². The quantitative estimate of drug-likeness (QED) is 0.905. The number of aromatic nitrogens is 4. The van der Waals surface area contributed by atoms with Gasteiger partial charge in [-0.3, -0.25) is 4.98 Å². The summed E-state index contributed by atoms with van der Waals surface area (Å²) < 4.78 is 2.50. The number of halogens is 1. The standard InChI is InChI=1S/C10H11BrN4O/c1-6-7(11)3-4-8(12-6)10-9(5-16)15(2)14-13-10/h3-4,16H,5H2,1-2H3. The molecule has 1 N–H and O–H groups in total. The first kappa shape index (κ1) is 11.2. The van der Waals surface area contributed by atoms with Crippen LogP contribution in [0.15, 0.2) is 16.6 Å². The van der Waals surface area contributed by atoms with Crippen molar-refractivity contribution in [3.8, 4) is 11.4 Å². The molecule has 0 saturated heterocycles. The van der Waals surface area contributed by atoms with Crippen LogP contribution in [0.4, 0.5) is 0 Å². The molecular weight excluding hydrogens is 272 g/mol. The molecule has 6 heteroatoms. The molecule has 0 aliphatic heterocycles. The van der Waals surface area contributed by atoms with E-state index in [4.69, 9.17) is 0 Å². The average Bonchev–Trinajstić information content (AvgIpc) is 2.63. The van der Waals surface area contributed by atoms with Gasteiger partial charge in [-0.25, -0.2) is 4.68 Å². The van der Waals surface area contributed by atoms with Crippen LogP contribution in [0, 0.1) is 6.92 Å². The molecule has 2 heterocycles. The van der Waals surface area contributed by atoms with Gasteiger partial charge in [0.05, 0.1) is 23.7 Å². The molecule has 0 aliphatic rings. The van der Waals surface area contributed by atoms with E-state index in [0.717, 1.165) is 15.9 Å². The molecule has 0 aliphatic carbocycles. The topological polar surface area (TPSA) is 63.8 Å². The second-order valence-corrected chi connectivity index (χ2v) is 4.28. The van der Waals surface area contributed by atoms with E-state index in [-0.39, 0.29) is 6.61 Å². The zero-order chi connectivity index (χ0) is 11.7. The smallest absolute Gasteiger partial charge is 0.137 e. The maximum absolute atomic E-state index is 9.24. The summed E-state index contributed by atoms with van der Waals surface area (Å²) in [7, 11) is 1.74.